The second-order valence-corrected chi connectivity index (χ2v) is 10.0. The van der Waals surface area contributed by atoms with Crippen molar-refractivity contribution in [3.8, 4) is 51.0 Å². The van der Waals surface area contributed by atoms with E-state index in [1.807, 2.05) is 60.7 Å². The highest BCUT2D eigenvalue weighted by atomic mass is 16.5. The normalized spacial score (nSPS) is 10.7. The second-order valence-electron chi connectivity index (χ2n) is 10.0. The Kier molecular flexibility index (Phi) is 7.52. The number of phenolic OH excluding ortho intramolecular Hbond substituents is 1. The SMILES string of the molecule is Cc1ccc(-c2ccc(Oc3ccc(C(=O)c4ccc(Oc5ccc(-c6ccc(O)cc6)cc5)cc4)cc3)cc2)cc1. The highest BCUT2D eigenvalue weighted by Crippen LogP contribution is 2.29. The molecule has 0 fully saturated rings. The van der Waals surface area contributed by atoms with Crippen molar-refractivity contribution in [2.75, 3.05) is 0 Å². The van der Waals surface area contributed by atoms with Crippen LogP contribution in [0.5, 0.6) is 28.7 Å². The van der Waals surface area contributed by atoms with Crippen LogP contribution in [0.4, 0.5) is 0 Å². The molecule has 42 heavy (non-hydrogen) atoms. The first-order chi connectivity index (χ1) is 20.5. The van der Waals surface area contributed by atoms with E-state index in [-0.39, 0.29) is 11.5 Å². The van der Waals surface area contributed by atoms with Crippen LogP contribution in [0, 0.1) is 6.92 Å². The molecule has 0 saturated heterocycles. The molecular weight excluding hydrogens is 520 g/mol. The van der Waals surface area contributed by atoms with Crippen LogP contribution in [0.1, 0.15) is 21.5 Å². The summed E-state index contributed by atoms with van der Waals surface area (Å²) in [6, 6.07) is 45.5. The van der Waals surface area contributed by atoms with Gasteiger partial charge in [-0.3, -0.25) is 4.79 Å². The molecule has 4 heteroatoms. The molecule has 0 aliphatic carbocycles. The highest BCUT2D eigenvalue weighted by Gasteiger charge is 2.10. The van der Waals surface area contributed by atoms with Gasteiger partial charge in [-0.1, -0.05) is 66.2 Å². The number of rotatable bonds is 8. The van der Waals surface area contributed by atoms with Crippen molar-refractivity contribution in [3.63, 3.8) is 0 Å². The largest absolute Gasteiger partial charge is 0.508 e. The van der Waals surface area contributed by atoms with Gasteiger partial charge < -0.3 is 14.6 Å². The van der Waals surface area contributed by atoms with Crippen LogP contribution in [-0.4, -0.2) is 10.9 Å². The number of benzene rings is 6. The zero-order valence-electron chi connectivity index (χ0n) is 23.0. The first-order valence-electron chi connectivity index (χ1n) is 13.7. The average molecular weight is 549 g/mol. The fourth-order valence-electron chi connectivity index (χ4n) is 4.62. The number of hydrogen-bond donors (Lipinski definition) is 1. The van der Waals surface area contributed by atoms with Crippen molar-refractivity contribution in [1.82, 2.24) is 0 Å². The molecule has 0 bridgehead atoms. The maximum absolute atomic E-state index is 13.1. The summed E-state index contributed by atoms with van der Waals surface area (Å²) in [6.45, 7) is 2.08. The lowest BCUT2D eigenvalue weighted by Crippen LogP contribution is -2.01. The third-order valence-corrected chi connectivity index (χ3v) is 7.00. The molecular formula is C38H28O4. The lowest BCUT2D eigenvalue weighted by Gasteiger charge is -2.09. The van der Waals surface area contributed by atoms with Crippen LogP contribution >= 0.6 is 0 Å². The molecule has 6 aromatic carbocycles. The quantitative estimate of drug-likeness (QED) is 0.192. The summed E-state index contributed by atoms with van der Waals surface area (Å²) in [4.78, 5) is 13.1. The molecule has 0 atom stereocenters. The zero-order chi connectivity index (χ0) is 28.9. The monoisotopic (exact) mass is 548 g/mol. The van der Waals surface area contributed by atoms with E-state index in [0.717, 1.165) is 28.0 Å². The lowest BCUT2D eigenvalue weighted by molar-refractivity contribution is 0.103. The van der Waals surface area contributed by atoms with Crippen LogP contribution in [0.2, 0.25) is 0 Å². The van der Waals surface area contributed by atoms with Gasteiger partial charge in [0.1, 0.15) is 28.7 Å². The third-order valence-electron chi connectivity index (χ3n) is 7.00. The van der Waals surface area contributed by atoms with Gasteiger partial charge in [0.25, 0.3) is 0 Å². The van der Waals surface area contributed by atoms with E-state index in [2.05, 4.69) is 31.2 Å². The molecule has 0 radical (unpaired) electrons. The van der Waals surface area contributed by atoms with Crippen LogP contribution in [0.25, 0.3) is 22.3 Å². The number of ether oxygens (including phenoxy) is 2. The van der Waals surface area contributed by atoms with Gasteiger partial charge in [0.15, 0.2) is 5.78 Å². The standard InChI is InChI=1S/C38H28O4/c1-26-2-4-27(5-3-26)29-8-18-34(19-9-29)41-36-22-12-31(13-23-36)38(40)32-14-24-37(25-15-32)42-35-20-10-30(11-21-35)28-6-16-33(39)17-7-28/h2-25,39H,1H3. The Morgan fingerprint density at radius 2 is 0.714 bits per heavy atom. The van der Waals surface area contributed by atoms with E-state index in [4.69, 9.17) is 9.47 Å². The maximum Gasteiger partial charge on any atom is 0.193 e. The molecule has 0 amide bonds. The van der Waals surface area contributed by atoms with Gasteiger partial charge in [0.2, 0.25) is 0 Å². The number of carbonyl (C=O) groups is 1. The summed E-state index contributed by atoms with van der Waals surface area (Å²) in [5.74, 6) is 2.89. The second kappa shape index (κ2) is 11.9. The molecule has 0 heterocycles. The van der Waals surface area contributed by atoms with E-state index < -0.39 is 0 Å². The summed E-state index contributed by atoms with van der Waals surface area (Å²) >= 11 is 0. The summed E-state index contributed by atoms with van der Waals surface area (Å²) < 4.78 is 12.0. The third kappa shape index (κ3) is 6.24. The first kappa shape index (κ1) is 26.6. The number of ketones is 1. The van der Waals surface area contributed by atoms with Crippen molar-refractivity contribution >= 4 is 5.78 Å². The summed E-state index contributed by atoms with van der Waals surface area (Å²) in [5, 5.41) is 9.49. The fourth-order valence-corrected chi connectivity index (χ4v) is 4.62. The topological polar surface area (TPSA) is 55.8 Å². The molecule has 6 rings (SSSR count). The van der Waals surface area contributed by atoms with Crippen molar-refractivity contribution in [1.29, 1.82) is 0 Å². The number of phenols is 1. The van der Waals surface area contributed by atoms with E-state index >= 15 is 0 Å². The average Bonchev–Trinajstić information content (AvgIpc) is 3.03. The summed E-state index contributed by atoms with van der Waals surface area (Å²) in [6.07, 6.45) is 0. The molecule has 6 aromatic rings. The van der Waals surface area contributed by atoms with Crippen molar-refractivity contribution in [2.45, 2.75) is 6.92 Å². The summed E-state index contributed by atoms with van der Waals surface area (Å²) in [5.41, 5.74) is 6.71. The van der Waals surface area contributed by atoms with Gasteiger partial charge in [0.05, 0.1) is 0 Å². The van der Waals surface area contributed by atoms with Gasteiger partial charge in [-0.25, -0.2) is 0 Å². The lowest BCUT2D eigenvalue weighted by atomic mass is 10.0. The Labute approximate surface area is 245 Å². The van der Waals surface area contributed by atoms with E-state index in [0.29, 0.717) is 28.4 Å². The van der Waals surface area contributed by atoms with Crippen LogP contribution in [0.15, 0.2) is 146 Å². The number of hydrogen-bond acceptors (Lipinski definition) is 4. The van der Waals surface area contributed by atoms with Gasteiger partial charge in [0, 0.05) is 11.1 Å². The van der Waals surface area contributed by atoms with Crippen molar-refractivity contribution < 1.29 is 19.4 Å². The number of aromatic hydroxyl groups is 1. The summed E-state index contributed by atoms with van der Waals surface area (Å²) in [7, 11) is 0. The minimum atomic E-state index is -0.0752. The number of carbonyl (C=O) groups excluding carboxylic acids is 1. The molecule has 0 saturated carbocycles. The molecule has 1 N–H and O–H groups in total. The van der Waals surface area contributed by atoms with Crippen LogP contribution < -0.4 is 9.47 Å². The zero-order valence-corrected chi connectivity index (χ0v) is 23.0. The Hall–Kier alpha value is -5.61. The minimum absolute atomic E-state index is 0.0752. The van der Waals surface area contributed by atoms with Crippen LogP contribution in [0.3, 0.4) is 0 Å². The van der Waals surface area contributed by atoms with Crippen molar-refractivity contribution in [3.05, 3.63) is 162 Å². The van der Waals surface area contributed by atoms with Gasteiger partial charge in [-0.2, -0.15) is 0 Å². The Morgan fingerprint density at radius 3 is 1.07 bits per heavy atom. The van der Waals surface area contributed by atoms with E-state index in [1.165, 1.54) is 5.56 Å². The van der Waals surface area contributed by atoms with Gasteiger partial charge in [-0.05, 0) is 114 Å². The maximum atomic E-state index is 13.1. The molecule has 0 aromatic heterocycles. The minimum Gasteiger partial charge on any atom is -0.508 e. The van der Waals surface area contributed by atoms with E-state index in [1.54, 1.807) is 60.7 Å². The molecule has 204 valence electrons. The predicted molar refractivity (Wildman–Crippen MR) is 167 cm³/mol. The van der Waals surface area contributed by atoms with Gasteiger partial charge in [-0.15, -0.1) is 0 Å². The molecule has 0 unspecified atom stereocenters. The Balaban J connectivity index is 1.06. The molecule has 0 spiro atoms. The Bertz CT molecular complexity index is 1650. The molecule has 4 nitrogen and oxygen atoms in total. The van der Waals surface area contributed by atoms with Crippen molar-refractivity contribution in [2.24, 2.45) is 0 Å². The van der Waals surface area contributed by atoms with Gasteiger partial charge >= 0.3 is 0 Å². The van der Waals surface area contributed by atoms with Crippen LogP contribution in [-0.2, 0) is 0 Å². The Morgan fingerprint density at radius 1 is 0.429 bits per heavy atom. The van der Waals surface area contributed by atoms with E-state index in [9.17, 15) is 9.90 Å². The predicted octanol–water partition coefficient (Wildman–Crippen LogP) is 9.85. The fraction of sp³-hybridized carbons (Fsp3) is 0.0263. The number of aryl methyl sites for hydroxylation is 1. The first-order valence-corrected chi connectivity index (χ1v) is 13.7. The molecule has 0 aliphatic heterocycles. The highest BCUT2D eigenvalue weighted by molar-refractivity contribution is 6.09. The molecule has 0 aliphatic rings. The smallest absolute Gasteiger partial charge is 0.193 e.